The zero-order chi connectivity index (χ0) is 7.73. The van der Waals surface area contributed by atoms with E-state index in [-0.39, 0.29) is 5.54 Å². The molecule has 0 spiro atoms. The first-order valence-corrected chi connectivity index (χ1v) is 4.83. The molecule has 0 bridgehead atoms. The smallest absolute Gasteiger partial charge is 0.0310 e. The average Bonchev–Trinajstić information content (AvgIpc) is 2.03. The van der Waals surface area contributed by atoms with Crippen LogP contribution in [-0.2, 0) is 0 Å². The first-order valence-electron chi connectivity index (χ1n) is 4.83. The van der Waals surface area contributed by atoms with E-state index in [9.17, 15) is 0 Å². The summed E-state index contributed by atoms with van der Waals surface area (Å²) in [4.78, 5) is 0. The van der Waals surface area contributed by atoms with E-state index in [1.807, 2.05) is 0 Å². The average molecular weight is 154 g/mol. The molecule has 0 radical (unpaired) electrons. The summed E-state index contributed by atoms with van der Waals surface area (Å²) < 4.78 is 0. The maximum atomic E-state index is 6.30. The zero-order valence-corrected chi connectivity index (χ0v) is 7.10. The monoisotopic (exact) mass is 154 g/mol. The quantitative estimate of drug-likeness (QED) is 0.546. The van der Waals surface area contributed by atoms with Gasteiger partial charge in [-0.2, -0.15) is 0 Å². The zero-order valence-electron chi connectivity index (χ0n) is 7.10. The molecule has 3 N–H and O–H groups in total. The predicted octanol–water partition coefficient (Wildman–Crippen LogP) is 1.01. The van der Waals surface area contributed by atoms with Gasteiger partial charge in [0.05, 0.1) is 0 Å². The van der Waals surface area contributed by atoms with E-state index < -0.39 is 0 Å². The van der Waals surface area contributed by atoms with Gasteiger partial charge in [-0.15, -0.1) is 0 Å². The summed E-state index contributed by atoms with van der Waals surface area (Å²) in [5.74, 6) is 0. The number of piperidine rings is 1. The van der Waals surface area contributed by atoms with Crippen molar-refractivity contribution in [2.75, 3.05) is 6.54 Å². The highest BCUT2D eigenvalue weighted by Gasteiger charge is 2.38. The molecule has 2 fully saturated rings. The van der Waals surface area contributed by atoms with E-state index in [2.05, 4.69) is 5.32 Å². The molecule has 1 aliphatic heterocycles. The van der Waals surface area contributed by atoms with Crippen LogP contribution in [0.4, 0.5) is 0 Å². The molecule has 0 unspecified atom stereocenters. The first kappa shape index (κ1) is 7.56. The maximum Gasteiger partial charge on any atom is 0.0310 e. The fourth-order valence-electron chi connectivity index (χ4n) is 2.56. The number of hydrogen-bond donors (Lipinski definition) is 2. The van der Waals surface area contributed by atoms with Gasteiger partial charge < -0.3 is 11.1 Å². The van der Waals surface area contributed by atoms with Gasteiger partial charge in [-0.1, -0.05) is 12.8 Å². The Bertz CT molecular complexity index is 132. The second kappa shape index (κ2) is 2.76. The number of nitrogens with one attached hydrogen (secondary N) is 1. The summed E-state index contributed by atoms with van der Waals surface area (Å²) in [6, 6.07) is 0.630. The Morgan fingerprint density at radius 3 is 2.82 bits per heavy atom. The fourth-order valence-corrected chi connectivity index (χ4v) is 2.56. The lowest BCUT2D eigenvalue weighted by atomic mass is 9.73. The molecule has 1 aliphatic carbocycles. The van der Waals surface area contributed by atoms with E-state index in [0.29, 0.717) is 6.04 Å². The molecule has 2 heteroatoms. The molecule has 2 rings (SSSR count). The summed E-state index contributed by atoms with van der Waals surface area (Å²) in [5, 5.41) is 3.54. The Labute approximate surface area is 68.5 Å². The first-order chi connectivity index (χ1) is 5.31. The minimum absolute atomic E-state index is 0.163. The number of nitrogens with two attached hydrogens (primary N) is 1. The highest BCUT2D eigenvalue weighted by molar-refractivity contribution is 5.01. The van der Waals surface area contributed by atoms with E-state index in [1.54, 1.807) is 0 Å². The van der Waals surface area contributed by atoms with Crippen molar-refractivity contribution in [2.45, 2.75) is 50.1 Å². The second-order valence-corrected chi connectivity index (χ2v) is 4.09. The van der Waals surface area contributed by atoms with Crippen molar-refractivity contribution in [3.63, 3.8) is 0 Å². The largest absolute Gasteiger partial charge is 0.324 e. The van der Waals surface area contributed by atoms with Gasteiger partial charge in [-0.25, -0.2) is 0 Å². The lowest BCUT2D eigenvalue weighted by Gasteiger charge is -2.45. The normalized spacial score (nSPS) is 45.0. The Morgan fingerprint density at radius 1 is 1.18 bits per heavy atom. The van der Waals surface area contributed by atoms with Gasteiger partial charge in [0.2, 0.25) is 0 Å². The van der Waals surface area contributed by atoms with Crippen LogP contribution in [0.15, 0.2) is 0 Å². The molecule has 0 aromatic rings. The molecule has 2 atom stereocenters. The van der Waals surface area contributed by atoms with Crippen molar-refractivity contribution < 1.29 is 0 Å². The number of rotatable bonds is 0. The number of fused-ring (bicyclic) bond motifs is 1. The molecule has 2 nitrogen and oxygen atoms in total. The van der Waals surface area contributed by atoms with Crippen LogP contribution in [0.5, 0.6) is 0 Å². The van der Waals surface area contributed by atoms with Crippen LogP contribution in [0.1, 0.15) is 38.5 Å². The molecule has 0 aromatic carbocycles. The lowest BCUT2D eigenvalue weighted by Crippen LogP contribution is -2.61. The Balaban J connectivity index is 2.06. The fraction of sp³-hybridized carbons (Fsp3) is 1.00. The number of hydrogen-bond acceptors (Lipinski definition) is 2. The Morgan fingerprint density at radius 2 is 2.00 bits per heavy atom. The van der Waals surface area contributed by atoms with Gasteiger partial charge in [-0.05, 0) is 32.2 Å². The van der Waals surface area contributed by atoms with E-state index in [4.69, 9.17) is 5.73 Å². The molecule has 2 aliphatic rings. The molecule has 64 valence electrons. The van der Waals surface area contributed by atoms with Crippen LogP contribution in [0, 0.1) is 0 Å². The van der Waals surface area contributed by atoms with Crippen molar-refractivity contribution in [3.05, 3.63) is 0 Å². The Kier molecular flexibility index (Phi) is 1.90. The van der Waals surface area contributed by atoms with Gasteiger partial charge in [0.15, 0.2) is 0 Å². The minimum Gasteiger partial charge on any atom is -0.324 e. The van der Waals surface area contributed by atoms with E-state index in [1.165, 1.54) is 45.1 Å². The van der Waals surface area contributed by atoms with Crippen LogP contribution in [0.25, 0.3) is 0 Å². The predicted molar refractivity (Wildman–Crippen MR) is 46.4 cm³/mol. The summed E-state index contributed by atoms with van der Waals surface area (Å²) >= 11 is 0. The van der Waals surface area contributed by atoms with Gasteiger partial charge in [-0.3, -0.25) is 0 Å². The maximum absolute atomic E-state index is 6.30. The van der Waals surface area contributed by atoms with Gasteiger partial charge in [0.25, 0.3) is 0 Å². The van der Waals surface area contributed by atoms with Crippen LogP contribution in [-0.4, -0.2) is 18.1 Å². The molecule has 1 saturated heterocycles. The topological polar surface area (TPSA) is 38.0 Å². The van der Waals surface area contributed by atoms with Gasteiger partial charge in [0, 0.05) is 11.6 Å². The second-order valence-electron chi connectivity index (χ2n) is 4.09. The summed E-state index contributed by atoms with van der Waals surface area (Å²) in [6.45, 7) is 1.18. The SMILES string of the molecule is N[C@]12CCCC[C@@H]1NCCC2. The van der Waals surface area contributed by atoms with E-state index in [0.717, 1.165) is 0 Å². The standard InChI is InChI=1S/C9H18N2/c10-9-5-2-1-4-8(9)11-7-3-6-9/h8,11H,1-7,10H2/t8-,9-/m0/s1. The molecule has 0 amide bonds. The van der Waals surface area contributed by atoms with Gasteiger partial charge in [0.1, 0.15) is 0 Å². The Hall–Kier alpha value is -0.0800. The summed E-state index contributed by atoms with van der Waals surface area (Å²) in [6.07, 6.45) is 7.77. The summed E-state index contributed by atoms with van der Waals surface area (Å²) in [7, 11) is 0. The van der Waals surface area contributed by atoms with E-state index >= 15 is 0 Å². The lowest BCUT2D eigenvalue weighted by molar-refractivity contribution is 0.169. The third-order valence-corrected chi connectivity index (χ3v) is 3.29. The highest BCUT2D eigenvalue weighted by atomic mass is 15.0. The molecular weight excluding hydrogens is 136 g/mol. The van der Waals surface area contributed by atoms with Crippen LogP contribution < -0.4 is 11.1 Å². The third kappa shape index (κ3) is 1.30. The third-order valence-electron chi connectivity index (χ3n) is 3.29. The van der Waals surface area contributed by atoms with Gasteiger partial charge >= 0.3 is 0 Å². The van der Waals surface area contributed by atoms with Crippen LogP contribution in [0.2, 0.25) is 0 Å². The van der Waals surface area contributed by atoms with Crippen molar-refractivity contribution in [2.24, 2.45) is 5.73 Å². The molecule has 11 heavy (non-hydrogen) atoms. The van der Waals surface area contributed by atoms with Crippen molar-refractivity contribution in [1.82, 2.24) is 5.32 Å². The molecule has 1 heterocycles. The molecule has 0 aromatic heterocycles. The molecular formula is C9H18N2. The van der Waals surface area contributed by atoms with Crippen molar-refractivity contribution in [1.29, 1.82) is 0 Å². The summed E-state index contributed by atoms with van der Waals surface area (Å²) in [5.41, 5.74) is 6.47. The van der Waals surface area contributed by atoms with Crippen molar-refractivity contribution in [3.8, 4) is 0 Å². The van der Waals surface area contributed by atoms with Crippen LogP contribution in [0.3, 0.4) is 0 Å². The highest BCUT2D eigenvalue weighted by Crippen LogP contribution is 2.32. The van der Waals surface area contributed by atoms with Crippen molar-refractivity contribution >= 4 is 0 Å². The van der Waals surface area contributed by atoms with Crippen LogP contribution >= 0.6 is 0 Å². The minimum atomic E-state index is 0.163. The molecule has 1 saturated carbocycles.